The third-order valence-corrected chi connectivity index (χ3v) is 4.04. The predicted octanol–water partition coefficient (Wildman–Crippen LogP) is 1.53. The molecule has 0 aliphatic rings. The Labute approximate surface area is 114 Å². The number of carboxylic acid groups (broad SMARTS) is 1. The molecule has 0 radical (unpaired) electrons. The van der Waals surface area contributed by atoms with Crippen molar-refractivity contribution in [2.45, 2.75) is 5.75 Å². The normalized spacial score (nSPS) is 9.72. The van der Waals surface area contributed by atoms with Crippen LogP contribution in [-0.4, -0.2) is 40.7 Å². The molecule has 0 aromatic carbocycles. The summed E-state index contributed by atoms with van der Waals surface area (Å²) in [5.41, 5.74) is 0. The number of carbonyl (C=O) groups is 2. The Morgan fingerprint density at radius 3 is 2.89 bits per heavy atom. The molecule has 0 bridgehead atoms. The van der Waals surface area contributed by atoms with Crippen LogP contribution in [0.15, 0.2) is 17.5 Å². The first-order valence-electron chi connectivity index (χ1n) is 5.16. The molecule has 1 N–H and O–H groups in total. The Balaban J connectivity index is 2.36. The second kappa shape index (κ2) is 7.80. The van der Waals surface area contributed by atoms with Crippen molar-refractivity contribution in [3.63, 3.8) is 0 Å². The zero-order valence-electron chi connectivity index (χ0n) is 9.67. The van der Waals surface area contributed by atoms with Crippen LogP contribution in [0.5, 0.6) is 0 Å². The fraction of sp³-hybridized carbons (Fsp3) is 0.333. The monoisotopic (exact) mass is 283 g/mol. The van der Waals surface area contributed by atoms with Crippen LogP contribution in [0.2, 0.25) is 0 Å². The highest BCUT2D eigenvalue weighted by atomic mass is 32.2. The molecule has 0 fully saturated rings. The van der Waals surface area contributed by atoms with Gasteiger partial charge in [0.1, 0.15) is 6.54 Å². The maximum atomic E-state index is 11.7. The first kappa shape index (κ1) is 14.6. The molecule has 0 unspecified atom stereocenters. The molecule has 4 nitrogen and oxygen atoms in total. The van der Waals surface area contributed by atoms with Crippen LogP contribution < -0.4 is 0 Å². The number of thiophene rings is 1. The summed E-state index contributed by atoms with van der Waals surface area (Å²) in [5.74, 6) is 1.99. The first-order valence-corrected chi connectivity index (χ1v) is 7.20. The Morgan fingerprint density at radius 2 is 2.33 bits per heavy atom. The van der Waals surface area contributed by atoms with Gasteiger partial charge in [-0.2, -0.15) is 0 Å². The van der Waals surface area contributed by atoms with Gasteiger partial charge in [0.2, 0.25) is 5.91 Å². The SMILES string of the molecule is C#CCN(CC(=O)O)C(=O)CSCc1cccs1. The average molecular weight is 283 g/mol. The summed E-state index contributed by atoms with van der Waals surface area (Å²) < 4.78 is 0. The number of thioether (sulfide) groups is 1. The molecule has 18 heavy (non-hydrogen) atoms. The molecule has 1 heterocycles. The van der Waals surface area contributed by atoms with Gasteiger partial charge in [-0.05, 0) is 11.4 Å². The summed E-state index contributed by atoms with van der Waals surface area (Å²) in [6.07, 6.45) is 5.11. The molecule has 0 aliphatic heterocycles. The number of hydrogen-bond acceptors (Lipinski definition) is 4. The molecule has 0 spiro atoms. The number of carboxylic acids is 1. The molecule has 0 aliphatic carbocycles. The molecule has 1 rings (SSSR count). The standard InChI is InChI=1S/C12H13NO3S2/c1-2-5-13(7-12(15)16)11(14)9-17-8-10-4-3-6-18-10/h1,3-4,6H,5,7-9H2,(H,15,16). The lowest BCUT2D eigenvalue weighted by Gasteiger charge is -2.17. The van der Waals surface area contributed by atoms with Crippen molar-refractivity contribution < 1.29 is 14.7 Å². The van der Waals surface area contributed by atoms with Crippen LogP contribution in [0.3, 0.4) is 0 Å². The Bertz CT molecular complexity index is 437. The second-order valence-electron chi connectivity index (χ2n) is 3.42. The van der Waals surface area contributed by atoms with Gasteiger partial charge in [-0.15, -0.1) is 29.5 Å². The van der Waals surface area contributed by atoms with Crippen LogP contribution in [-0.2, 0) is 15.3 Å². The van der Waals surface area contributed by atoms with Crippen LogP contribution >= 0.6 is 23.1 Å². The van der Waals surface area contributed by atoms with E-state index in [1.54, 1.807) is 11.3 Å². The third kappa shape index (κ3) is 5.25. The molecule has 6 heteroatoms. The van der Waals surface area contributed by atoms with E-state index in [4.69, 9.17) is 11.5 Å². The highest BCUT2D eigenvalue weighted by Crippen LogP contribution is 2.17. The van der Waals surface area contributed by atoms with Gasteiger partial charge in [0, 0.05) is 10.6 Å². The van der Waals surface area contributed by atoms with Crippen molar-refractivity contribution >= 4 is 35.0 Å². The van der Waals surface area contributed by atoms with E-state index in [2.05, 4.69) is 5.92 Å². The molecular weight excluding hydrogens is 270 g/mol. The van der Waals surface area contributed by atoms with Crippen molar-refractivity contribution in [1.29, 1.82) is 0 Å². The zero-order chi connectivity index (χ0) is 13.4. The molecule has 0 saturated carbocycles. The summed E-state index contributed by atoms with van der Waals surface area (Å²) in [6, 6.07) is 3.95. The number of amides is 1. The minimum absolute atomic E-state index is 0.0324. The summed E-state index contributed by atoms with van der Waals surface area (Å²) in [6.45, 7) is -0.312. The van der Waals surface area contributed by atoms with E-state index in [1.165, 1.54) is 21.5 Å². The number of rotatable bonds is 7. The maximum absolute atomic E-state index is 11.7. The van der Waals surface area contributed by atoms with Gasteiger partial charge in [-0.1, -0.05) is 12.0 Å². The second-order valence-corrected chi connectivity index (χ2v) is 5.44. The predicted molar refractivity (Wildman–Crippen MR) is 73.5 cm³/mol. The minimum atomic E-state index is -1.05. The van der Waals surface area contributed by atoms with Crippen molar-refractivity contribution in [1.82, 2.24) is 4.90 Å². The number of terminal acetylenes is 1. The summed E-state index contributed by atoms with van der Waals surface area (Å²) in [5, 5.41) is 10.6. The van der Waals surface area contributed by atoms with Crippen molar-refractivity contribution in [2.75, 3.05) is 18.8 Å². The Hall–Kier alpha value is -1.45. The quantitative estimate of drug-likeness (QED) is 0.771. The lowest BCUT2D eigenvalue weighted by Crippen LogP contribution is -2.37. The largest absolute Gasteiger partial charge is 0.480 e. The molecule has 1 aromatic heterocycles. The molecule has 1 amide bonds. The van der Waals surface area contributed by atoms with Gasteiger partial charge in [0.15, 0.2) is 0 Å². The average Bonchev–Trinajstić information content (AvgIpc) is 2.81. The van der Waals surface area contributed by atoms with Crippen LogP contribution in [0.1, 0.15) is 4.88 Å². The Morgan fingerprint density at radius 1 is 1.56 bits per heavy atom. The van der Waals surface area contributed by atoms with Gasteiger partial charge in [-0.3, -0.25) is 9.59 Å². The van der Waals surface area contributed by atoms with E-state index in [0.29, 0.717) is 0 Å². The van der Waals surface area contributed by atoms with E-state index in [-0.39, 0.29) is 24.7 Å². The van der Waals surface area contributed by atoms with Crippen molar-refractivity contribution in [2.24, 2.45) is 0 Å². The molecule has 0 saturated heterocycles. The van der Waals surface area contributed by atoms with E-state index >= 15 is 0 Å². The number of carbonyl (C=O) groups excluding carboxylic acids is 1. The fourth-order valence-corrected chi connectivity index (χ4v) is 3.00. The minimum Gasteiger partial charge on any atom is -0.480 e. The molecular formula is C12H13NO3S2. The number of hydrogen-bond donors (Lipinski definition) is 1. The molecule has 96 valence electrons. The van der Waals surface area contributed by atoms with Crippen molar-refractivity contribution in [3.8, 4) is 12.3 Å². The number of aliphatic carboxylic acids is 1. The summed E-state index contributed by atoms with van der Waals surface area (Å²) >= 11 is 3.09. The highest BCUT2D eigenvalue weighted by molar-refractivity contribution is 7.99. The molecule has 0 atom stereocenters. The van der Waals surface area contributed by atoms with Crippen LogP contribution in [0, 0.1) is 12.3 Å². The summed E-state index contributed by atoms with van der Waals surface area (Å²) in [4.78, 5) is 24.7. The number of nitrogens with zero attached hydrogens (tertiary/aromatic N) is 1. The lowest BCUT2D eigenvalue weighted by molar-refractivity contribution is -0.143. The van der Waals surface area contributed by atoms with Crippen molar-refractivity contribution in [3.05, 3.63) is 22.4 Å². The topological polar surface area (TPSA) is 57.6 Å². The van der Waals surface area contributed by atoms with Crippen LogP contribution in [0.25, 0.3) is 0 Å². The maximum Gasteiger partial charge on any atom is 0.323 e. The van der Waals surface area contributed by atoms with Gasteiger partial charge >= 0.3 is 5.97 Å². The van der Waals surface area contributed by atoms with Gasteiger partial charge < -0.3 is 10.0 Å². The third-order valence-electron chi connectivity index (χ3n) is 2.01. The smallest absolute Gasteiger partial charge is 0.323 e. The first-order chi connectivity index (χ1) is 8.63. The van der Waals surface area contributed by atoms with Crippen LogP contribution in [0.4, 0.5) is 0 Å². The van der Waals surface area contributed by atoms with E-state index < -0.39 is 5.97 Å². The van der Waals surface area contributed by atoms with Gasteiger partial charge in [0.05, 0.1) is 12.3 Å². The highest BCUT2D eigenvalue weighted by Gasteiger charge is 2.15. The fourth-order valence-electron chi connectivity index (χ4n) is 1.23. The molecule has 1 aromatic rings. The zero-order valence-corrected chi connectivity index (χ0v) is 11.3. The van der Waals surface area contributed by atoms with E-state index in [0.717, 1.165) is 5.75 Å². The van der Waals surface area contributed by atoms with E-state index in [1.807, 2.05) is 17.5 Å². The Kier molecular flexibility index (Phi) is 6.33. The summed E-state index contributed by atoms with van der Waals surface area (Å²) in [7, 11) is 0. The van der Waals surface area contributed by atoms with E-state index in [9.17, 15) is 9.59 Å². The van der Waals surface area contributed by atoms with Gasteiger partial charge in [0.25, 0.3) is 0 Å². The van der Waals surface area contributed by atoms with Gasteiger partial charge in [-0.25, -0.2) is 0 Å². The lowest BCUT2D eigenvalue weighted by atomic mass is 10.4.